The van der Waals surface area contributed by atoms with Crippen molar-refractivity contribution >= 4 is 24.0 Å². The highest BCUT2D eigenvalue weighted by atomic mass is 16.6. The van der Waals surface area contributed by atoms with Gasteiger partial charge in [0.25, 0.3) is 5.91 Å². The summed E-state index contributed by atoms with van der Waals surface area (Å²) in [4.78, 5) is 25.0. The fourth-order valence-corrected chi connectivity index (χ4v) is 3.33. The van der Waals surface area contributed by atoms with E-state index in [0.717, 1.165) is 18.4 Å². The molecule has 1 aromatic heterocycles. The minimum atomic E-state index is -0.590. The molecule has 196 valence electrons. The molecule has 1 amide bonds. The van der Waals surface area contributed by atoms with E-state index in [9.17, 15) is 14.9 Å². The first kappa shape index (κ1) is 27.8. The molecule has 0 aliphatic carbocycles. The standard InChI is InChI=1S/C30H30N2O6/c1-3-5-16-37-26-11-7-6-9-23(26)13-15-29(33)38-27-14-12-22(19-28(27)35-4-2)18-24(20-31)30(34)32-21-25-10-8-17-36-25/h6-15,17-19H,3-5,16,21H2,1-2H3,(H,32,34)/b15-13+,24-18+. The number of unbranched alkanes of at least 4 members (excludes halogenated alkanes) is 1. The van der Waals surface area contributed by atoms with Gasteiger partial charge in [-0.25, -0.2) is 4.79 Å². The van der Waals surface area contributed by atoms with Crippen LogP contribution in [0.4, 0.5) is 0 Å². The van der Waals surface area contributed by atoms with Gasteiger partial charge in [-0.05, 0) is 61.4 Å². The lowest BCUT2D eigenvalue weighted by atomic mass is 10.1. The third-order valence-electron chi connectivity index (χ3n) is 5.23. The summed E-state index contributed by atoms with van der Waals surface area (Å²) >= 11 is 0. The normalized spacial score (nSPS) is 11.1. The zero-order chi connectivity index (χ0) is 27.2. The number of nitriles is 1. The summed E-state index contributed by atoms with van der Waals surface area (Å²) in [6.07, 6.45) is 7.87. The zero-order valence-electron chi connectivity index (χ0n) is 21.4. The van der Waals surface area contributed by atoms with Crippen molar-refractivity contribution in [3.05, 3.63) is 89.4 Å². The fraction of sp³-hybridized carbons (Fsp3) is 0.233. The summed E-state index contributed by atoms with van der Waals surface area (Å²) < 4.78 is 22.1. The Bertz CT molecular complexity index is 1320. The number of nitrogens with one attached hydrogen (secondary N) is 1. The highest BCUT2D eigenvalue weighted by molar-refractivity contribution is 6.01. The van der Waals surface area contributed by atoms with Crippen LogP contribution in [0.3, 0.4) is 0 Å². The second-order valence-corrected chi connectivity index (χ2v) is 8.07. The summed E-state index contributed by atoms with van der Waals surface area (Å²) in [6.45, 7) is 4.97. The minimum absolute atomic E-state index is 0.0912. The van der Waals surface area contributed by atoms with Crippen molar-refractivity contribution in [2.75, 3.05) is 13.2 Å². The average molecular weight is 515 g/mol. The lowest BCUT2D eigenvalue weighted by Crippen LogP contribution is -2.23. The molecule has 0 fully saturated rings. The fourth-order valence-electron chi connectivity index (χ4n) is 3.33. The zero-order valence-corrected chi connectivity index (χ0v) is 21.4. The van der Waals surface area contributed by atoms with E-state index in [-0.39, 0.29) is 17.9 Å². The van der Waals surface area contributed by atoms with E-state index in [1.807, 2.05) is 30.3 Å². The number of furan rings is 1. The Morgan fingerprint density at radius 3 is 2.61 bits per heavy atom. The maximum Gasteiger partial charge on any atom is 0.336 e. The van der Waals surface area contributed by atoms with Crippen LogP contribution in [0.15, 0.2) is 76.9 Å². The molecule has 0 radical (unpaired) electrons. The third kappa shape index (κ3) is 8.42. The molecule has 0 spiro atoms. The van der Waals surface area contributed by atoms with Gasteiger partial charge < -0.3 is 23.9 Å². The Morgan fingerprint density at radius 1 is 1.03 bits per heavy atom. The molecule has 1 N–H and O–H groups in total. The van der Waals surface area contributed by atoms with Crippen LogP contribution < -0.4 is 19.5 Å². The first-order chi connectivity index (χ1) is 18.5. The van der Waals surface area contributed by atoms with E-state index in [1.165, 1.54) is 18.4 Å². The molecule has 8 nitrogen and oxygen atoms in total. The van der Waals surface area contributed by atoms with Crippen molar-refractivity contribution in [3.63, 3.8) is 0 Å². The van der Waals surface area contributed by atoms with Crippen molar-refractivity contribution < 1.29 is 28.2 Å². The van der Waals surface area contributed by atoms with Crippen molar-refractivity contribution in [2.24, 2.45) is 0 Å². The lowest BCUT2D eigenvalue weighted by Gasteiger charge is -2.11. The van der Waals surface area contributed by atoms with Crippen LogP contribution in [0.25, 0.3) is 12.2 Å². The Hall–Kier alpha value is -4.77. The van der Waals surface area contributed by atoms with E-state index < -0.39 is 11.9 Å². The number of benzene rings is 2. The van der Waals surface area contributed by atoms with Crippen LogP contribution in [0.5, 0.6) is 17.2 Å². The Labute approximate surface area is 222 Å². The number of hydrogen-bond donors (Lipinski definition) is 1. The second-order valence-electron chi connectivity index (χ2n) is 8.07. The van der Waals surface area contributed by atoms with Crippen molar-refractivity contribution in [2.45, 2.75) is 33.2 Å². The molecule has 0 aliphatic rings. The predicted molar refractivity (Wildman–Crippen MR) is 143 cm³/mol. The molecule has 1 heterocycles. The molecular formula is C30H30N2O6. The van der Waals surface area contributed by atoms with E-state index in [0.29, 0.717) is 36.0 Å². The summed E-state index contributed by atoms with van der Waals surface area (Å²) in [5.74, 6) is 0.653. The van der Waals surface area contributed by atoms with Gasteiger partial charge in [-0.1, -0.05) is 37.6 Å². The van der Waals surface area contributed by atoms with Gasteiger partial charge in [-0.2, -0.15) is 5.26 Å². The van der Waals surface area contributed by atoms with Crippen molar-refractivity contribution in [3.8, 4) is 23.3 Å². The highest BCUT2D eigenvalue weighted by Gasteiger charge is 2.13. The van der Waals surface area contributed by atoms with Crippen LogP contribution >= 0.6 is 0 Å². The SMILES string of the molecule is CCCCOc1ccccc1/C=C/C(=O)Oc1ccc(/C=C(\C#N)C(=O)NCc2ccco2)cc1OCC. The Balaban J connectivity index is 1.70. The van der Waals surface area contributed by atoms with Crippen LogP contribution in [-0.4, -0.2) is 25.1 Å². The lowest BCUT2D eigenvalue weighted by molar-refractivity contribution is -0.129. The summed E-state index contributed by atoms with van der Waals surface area (Å²) in [7, 11) is 0. The molecule has 0 saturated heterocycles. The maximum atomic E-state index is 12.6. The van der Waals surface area contributed by atoms with Gasteiger partial charge in [-0.15, -0.1) is 0 Å². The molecule has 38 heavy (non-hydrogen) atoms. The molecule has 0 saturated carbocycles. The Morgan fingerprint density at radius 2 is 1.87 bits per heavy atom. The van der Waals surface area contributed by atoms with Crippen molar-refractivity contribution in [1.29, 1.82) is 5.26 Å². The first-order valence-corrected chi connectivity index (χ1v) is 12.3. The number of nitrogens with zero attached hydrogens (tertiary/aromatic N) is 1. The third-order valence-corrected chi connectivity index (χ3v) is 5.23. The van der Waals surface area contributed by atoms with Crippen molar-refractivity contribution in [1.82, 2.24) is 5.32 Å². The summed E-state index contributed by atoms with van der Waals surface area (Å²) in [5, 5.41) is 12.1. The number of amides is 1. The minimum Gasteiger partial charge on any atom is -0.493 e. The van der Waals surface area contributed by atoms with Crippen LogP contribution in [0, 0.1) is 11.3 Å². The number of rotatable bonds is 13. The molecule has 0 atom stereocenters. The van der Waals surface area contributed by atoms with Gasteiger partial charge in [-0.3, -0.25) is 4.79 Å². The van der Waals surface area contributed by atoms with Crippen LogP contribution in [0.2, 0.25) is 0 Å². The van der Waals surface area contributed by atoms with Crippen LogP contribution in [0.1, 0.15) is 43.6 Å². The molecule has 3 aromatic rings. The van der Waals surface area contributed by atoms with E-state index in [1.54, 1.807) is 43.3 Å². The van der Waals surface area contributed by atoms with Gasteiger partial charge in [0.2, 0.25) is 0 Å². The van der Waals surface area contributed by atoms with Gasteiger partial charge in [0.1, 0.15) is 23.2 Å². The second kappa shape index (κ2) is 14.7. The topological polar surface area (TPSA) is 111 Å². The largest absolute Gasteiger partial charge is 0.493 e. The predicted octanol–water partition coefficient (Wildman–Crippen LogP) is 5.70. The van der Waals surface area contributed by atoms with Gasteiger partial charge in [0.15, 0.2) is 11.5 Å². The number of ether oxygens (including phenoxy) is 3. The number of carbonyl (C=O) groups excluding carboxylic acids is 2. The van der Waals surface area contributed by atoms with E-state index >= 15 is 0 Å². The molecule has 0 unspecified atom stereocenters. The van der Waals surface area contributed by atoms with Crippen LogP contribution in [-0.2, 0) is 16.1 Å². The summed E-state index contributed by atoms with van der Waals surface area (Å²) in [6, 6.07) is 17.6. The smallest absolute Gasteiger partial charge is 0.336 e. The van der Waals surface area contributed by atoms with Gasteiger partial charge >= 0.3 is 5.97 Å². The average Bonchev–Trinajstić information content (AvgIpc) is 3.45. The first-order valence-electron chi connectivity index (χ1n) is 12.3. The molecule has 3 rings (SSSR count). The Kier molecular flexibility index (Phi) is 10.8. The molecule has 0 bridgehead atoms. The van der Waals surface area contributed by atoms with E-state index in [2.05, 4.69) is 12.2 Å². The quantitative estimate of drug-likeness (QED) is 0.102. The number of carbonyl (C=O) groups is 2. The molecule has 2 aromatic carbocycles. The number of hydrogen-bond acceptors (Lipinski definition) is 7. The monoisotopic (exact) mass is 514 g/mol. The van der Waals surface area contributed by atoms with Gasteiger partial charge in [0, 0.05) is 11.6 Å². The molecule has 8 heteroatoms. The number of para-hydroxylation sites is 1. The molecular weight excluding hydrogens is 484 g/mol. The molecule has 0 aliphatic heterocycles. The maximum absolute atomic E-state index is 12.6. The summed E-state index contributed by atoms with van der Waals surface area (Å²) in [5.41, 5.74) is 1.21. The highest BCUT2D eigenvalue weighted by Crippen LogP contribution is 2.30. The number of esters is 1. The van der Waals surface area contributed by atoms with Gasteiger partial charge in [0.05, 0.1) is 26.0 Å². The van der Waals surface area contributed by atoms with E-state index in [4.69, 9.17) is 18.6 Å².